The Labute approximate surface area is 113 Å². The van der Waals surface area contributed by atoms with E-state index >= 15 is 0 Å². The molecule has 0 atom stereocenters. The quantitative estimate of drug-likeness (QED) is 0.922. The Morgan fingerprint density at radius 2 is 2.06 bits per heavy atom. The molecule has 18 heavy (non-hydrogen) atoms. The molecule has 4 nitrogen and oxygen atoms in total. The van der Waals surface area contributed by atoms with Crippen LogP contribution >= 0.6 is 15.9 Å². The van der Waals surface area contributed by atoms with Crippen molar-refractivity contribution in [2.75, 3.05) is 5.32 Å². The molecule has 0 aliphatic carbocycles. The summed E-state index contributed by atoms with van der Waals surface area (Å²) in [5.74, 6) is 0.326. The molecule has 5 heteroatoms. The van der Waals surface area contributed by atoms with Crippen molar-refractivity contribution in [1.29, 1.82) is 0 Å². The van der Waals surface area contributed by atoms with Crippen molar-refractivity contribution < 1.29 is 9.32 Å². The molecule has 0 unspecified atom stereocenters. The number of halogens is 1. The van der Waals surface area contributed by atoms with Gasteiger partial charge in [0.05, 0.1) is 5.69 Å². The van der Waals surface area contributed by atoms with Gasteiger partial charge in [-0.1, -0.05) is 21.1 Å². The predicted octanol–water partition coefficient (Wildman–Crippen LogP) is 3.61. The average molecular weight is 309 g/mol. The Morgan fingerprint density at radius 1 is 1.33 bits per heavy atom. The standard InChI is InChI=1S/C13H13BrN2O2/c1-7-6-10(4-5-11(7)14)15-13(17)12-8(2)16-18-9(12)3/h4-6H,1-3H3,(H,15,17). The summed E-state index contributed by atoms with van der Waals surface area (Å²) in [4.78, 5) is 12.1. The highest BCUT2D eigenvalue weighted by Crippen LogP contribution is 2.21. The van der Waals surface area contributed by atoms with Crippen LogP contribution in [-0.4, -0.2) is 11.1 Å². The first-order valence-corrected chi connectivity index (χ1v) is 6.28. The number of nitrogens with one attached hydrogen (secondary N) is 1. The van der Waals surface area contributed by atoms with Crippen LogP contribution in [0.2, 0.25) is 0 Å². The zero-order chi connectivity index (χ0) is 13.3. The largest absolute Gasteiger partial charge is 0.361 e. The summed E-state index contributed by atoms with van der Waals surface area (Å²) < 4.78 is 5.99. The number of aryl methyl sites for hydroxylation is 3. The molecular weight excluding hydrogens is 296 g/mol. The molecule has 1 aromatic carbocycles. The maximum absolute atomic E-state index is 12.1. The van der Waals surface area contributed by atoms with Crippen molar-refractivity contribution >= 4 is 27.5 Å². The van der Waals surface area contributed by atoms with E-state index in [9.17, 15) is 4.79 Å². The molecule has 0 bridgehead atoms. The van der Waals surface area contributed by atoms with E-state index in [0.29, 0.717) is 17.0 Å². The van der Waals surface area contributed by atoms with Crippen LogP contribution in [0.25, 0.3) is 0 Å². The summed E-state index contributed by atoms with van der Waals surface area (Å²) in [7, 11) is 0. The molecule has 0 spiro atoms. The van der Waals surface area contributed by atoms with Crippen LogP contribution in [0.3, 0.4) is 0 Å². The molecule has 1 aromatic heterocycles. The van der Waals surface area contributed by atoms with Gasteiger partial charge in [0.15, 0.2) is 0 Å². The Kier molecular flexibility index (Phi) is 3.52. The molecule has 1 heterocycles. The molecular formula is C13H13BrN2O2. The van der Waals surface area contributed by atoms with Crippen molar-refractivity contribution in [1.82, 2.24) is 5.16 Å². The van der Waals surface area contributed by atoms with Gasteiger partial charge in [0.25, 0.3) is 5.91 Å². The van der Waals surface area contributed by atoms with Gasteiger partial charge >= 0.3 is 0 Å². The number of hydrogen-bond acceptors (Lipinski definition) is 3. The first-order valence-electron chi connectivity index (χ1n) is 5.49. The molecule has 0 fully saturated rings. The highest BCUT2D eigenvalue weighted by molar-refractivity contribution is 9.10. The third kappa shape index (κ3) is 2.46. The fourth-order valence-electron chi connectivity index (χ4n) is 1.72. The minimum Gasteiger partial charge on any atom is -0.361 e. The second-order valence-electron chi connectivity index (χ2n) is 4.12. The van der Waals surface area contributed by atoms with Crippen LogP contribution < -0.4 is 5.32 Å². The highest BCUT2D eigenvalue weighted by atomic mass is 79.9. The number of amides is 1. The van der Waals surface area contributed by atoms with Gasteiger partial charge in [0.1, 0.15) is 11.3 Å². The molecule has 1 amide bonds. The van der Waals surface area contributed by atoms with Gasteiger partial charge in [-0.05, 0) is 44.5 Å². The molecule has 0 aliphatic rings. The summed E-state index contributed by atoms with van der Waals surface area (Å²) in [6.07, 6.45) is 0. The van der Waals surface area contributed by atoms with Crippen molar-refractivity contribution in [2.45, 2.75) is 20.8 Å². The van der Waals surface area contributed by atoms with Gasteiger partial charge in [-0.3, -0.25) is 4.79 Å². The second-order valence-corrected chi connectivity index (χ2v) is 4.97. The van der Waals surface area contributed by atoms with Crippen molar-refractivity contribution in [3.05, 3.63) is 45.3 Å². The first kappa shape index (κ1) is 12.8. The number of anilines is 1. The first-order chi connectivity index (χ1) is 8.49. The van der Waals surface area contributed by atoms with Crippen LogP contribution in [0, 0.1) is 20.8 Å². The van der Waals surface area contributed by atoms with Gasteiger partial charge in [0.2, 0.25) is 0 Å². The SMILES string of the molecule is Cc1cc(NC(=O)c2c(C)noc2C)ccc1Br. The Balaban J connectivity index is 2.24. The molecule has 94 valence electrons. The van der Waals surface area contributed by atoms with Gasteiger partial charge in [-0.2, -0.15) is 0 Å². The van der Waals surface area contributed by atoms with E-state index in [2.05, 4.69) is 26.4 Å². The summed E-state index contributed by atoms with van der Waals surface area (Å²) in [6, 6.07) is 5.64. The van der Waals surface area contributed by atoms with Crippen molar-refractivity contribution in [3.8, 4) is 0 Å². The minimum atomic E-state index is -0.201. The van der Waals surface area contributed by atoms with E-state index in [-0.39, 0.29) is 5.91 Å². The maximum atomic E-state index is 12.1. The summed E-state index contributed by atoms with van der Waals surface area (Å²) in [5, 5.41) is 6.60. The lowest BCUT2D eigenvalue weighted by Crippen LogP contribution is -2.13. The lowest BCUT2D eigenvalue weighted by molar-refractivity contribution is 0.102. The highest BCUT2D eigenvalue weighted by Gasteiger charge is 2.17. The van der Waals surface area contributed by atoms with Crippen LogP contribution in [-0.2, 0) is 0 Å². The zero-order valence-electron chi connectivity index (χ0n) is 10.4. The number of rotatable bonds is 2. The van der Waals surface area contributed by atoms with E-state index < -0.39 is 0 Å². The topological polar surface area (TPSA) is 55.1 Å². The lowest BCUT2D eigenvalue weighted by atomic mass is 10.1. The fourth-order valence-corrected chi connectivity index (χ4v) is 1.97. The van der Waals surface area contributed by atoms with Gasteiger partial charge in [-0.15, -0.1) is 0 Å². The van der Waals surface area contributed by atoms with E-state index in [1.165, 1.54) is 0 Å². The molecule has 0 radical (unpaired) electrons. The summed E-state index contributed by atoms with van der Waals surface area (Å²) in [6.45, 7) is 5.44. The van der Waals surface area contributed by atoms with Crippen molar-refractivity contribution in [3.63, 3.8) is 0 Å². The Bertz CT molecular complexity index is 586. The van der Waals surface area contributed by atoms with Gasteiger partial charge < -0.3 is 9.84 Å². The van der Waals surface area contributed by atoms with E-state index in [0.717, 1.165) is 15.7 Å². The fraction of sp³-hybridized carbons (Fsp3) is 0.231. The third-order valence-corrected chi connectivity index (χ3v) is 3.57. The predicted molar refractivity (Wildman–Crippen MR) is 72.8 cm³/mol. The van der Waals surface area contributed by atoms with Crippen LogP contribution in [0.4, 0.5) is 5.69 Å². The summed E-state index contributed by atoms with van der Waals surface area (Å²) >= 11 is 3.42. The molecule has 0 saturated heterocycles. The van der Waals surface area contributed by atoms with Crippen LogP contribution in [0.5, 0.6) is 0 Å². The third-order valence-electron chi connectivity index (χ3n) is 2.68. The van der Waals surface area contributed by atoms with E-state index in [1.54, 1.807) is 13.8 Å². The number of benzene rings is 1. The second kappa shape index (κ2) is 4.94. The monoisotopic (exact) mass is 308 g/mol. The summed E-state index contributed by atoms with van der Waals surface area (Å²) in [5.41, 5.74) is 2.90. The van der Waals surface area contributed by atoms with E-state index in [4.69, 9.17) is 4.52 Å². The normalized spacial score (nSPS) is 10.4. The smallest absolute Gasteiger partial charge is 0.261 e. The number of carbonyl (C=O) groups is 1. The molecule has 0 aliphatic heterocycles. The molecule has 0 saturated carbocycles. The molecule has 1 N–H and O–H groups in total. The number of hydrogen-bond donors (Lipinski definition) is 1. The Hall–Kier alpha value is -1.62. The zero-order valence-corrected chi connectivity index (χ0v) is 12.0. The lowest BCUT2D eigenvalue weighted by Gasteiger charge is -2.06. The number of carbonyl (C=O) groups excluding carboxylic acids is 1. The van der Waals surface area contributed by atoms with E-state index in [1.807, 2.05) is 25.1 Å². The van der Waals surface area contributed by atoms with Crippen LogP contribution in [0.1, 0.15) is 27.4 Å². The van der Waals surface area contributed by atoms with Crippen LogP contribution in [0.15, 0.2) is 27.2 Å². The number of nitrogens with zero attached hydrogens (tertiary/aromatic N) is 1. The van der Waals surface area contributed by atoms with Gasteiger partial charge in [0, 0.05) is 10.2 Å². The molecule has 2 rings (SSSR count). The minimum absolute atomic E-state index is 0.201. The van der Waals surface area contributed by atoms with Crippen molar-refractivity contribution in [2.24, 2.45) is 0 Å². The molecule has 2 aromatic rings. The van der Waals surface area contributed by atoms with Gasteiger partial charge in [-0.25, -0.2) is 0 Å². The average Bonchev–Trinajstić information content (AvgIpc) is 2.64. The Morgan fingerprint density at radius 3 is 2.61 bits per heavy atom. The maximum Gasteiger partial charge on any atom is 0.261 e. The number of aromatic nitrogens is 1.